The van der Waals surface area contributed by atoms with Crippen molar-refractivity contribution >= 4 is 39.1 Å². The van der Waals surface area contributed by atoms with E-state index < -0.39 is 16.1 Å². The van der Waals surface area contributed by atoms with Crippen LogP contribution in [0.3, 0.4) is 0 Å². The number of rotatable bonds is 13. The lowest BCUT2D eigenvalue weighted by atomic mass is 10.0. The summed E-state index contributed by atoms with van der Waals surface area (Å²) in [5.74, 6) is -0.340. The van der Waals surface area contributed by atoms with Crippen LogP contribution in [0.25, 0.3) is 0 Å². The van der Waals surface area contributed by atoms with Gasteiger partial charge >= 0.3 is 0 Å². The van der Waals surface area contributed by atoms with Gasteiger partial charge in [-0.1, -0.05) is 84.6 Å². The van der Waals surface area contributed by atoms with Crippen molar-refractivity contribution in [3.63, 3.8) is 0 Å². The lowest BCUT2D eigenvalue weighted by Gasteiger charge is -2.33. The monoisotopic (exact) mass is 609 g/mol. The Morgan fingerprint density at radius 2 is 1.57 bits per heavy atom. The third-order valence-corrected chi connectivity index (χ3v) is 9.16. The summed E-state index contributed by atoms with van der Waals surface area (Å²) >= 11 is 6.00. The van der Waals surface area contributed by atoms with E-state index in [-0.39, 0.29) is 37.4 Å². The molecule has 0 spiro atoms. The van der Waals surface area contributed by atoms with Crippen LogP contribution in [0.4, 0.5) is 5.69 Å². The number of benzene rings is 3. The standard InChI is InChI=1S/C33H40ClN3O4S/c1-25-14-16-27(17-15-25)24-36(31(23-26-9-4-3-5-10-26)33(39)35-29-11-6-7-12-29)32(38)13-8-22-37(42(2,40)41)30-20-18-28(34)19-21-30/h3-5,9-10,14-21,29,31H,6-8,11-13,22-24H2,1-2H3,(H,35,39). The largest absolute Gasteiger partial charge is 0.352 e. The Labute approximate surface area is 254 Å². The van der Waals surface area contributed by atoms with Crippen LogP contribution < -0.4 is 9.62 Å². The van der Waals surface area contributed by atoms with Crippen LogP contribution in [0.2, 0.25) is 5.02 Å². The number of hydrogen-bond donors (Lipinski definition) is 1. The zero-order valence-corrected chi connectivity index (χ0v) is 25.9. The number of nitrogens with zero attached hydrogens (tertiary/aromatic N) is 2. The Balaban J connectivity index is 1.57. The molecule has 1 N–H and O–H groups in total. The molecule has 9 heteroatoms. The summed E-state index contributed by atoms with van der Waals surface area (Å²) in [7, 11) is -3.58. The van der Waals surface area contributed by atoms with Crippen LogP contribution in [0.1, 0.15) is 55.2 Å². The van der Waals surface area contributed by atoms with Gasteiger partial charge in [-0.3, -0.25) is 13.9 Å². The lowest BCUT2D eigenvalue weighted by Crippen LogP contribution is -2.52. The molecule has 1 saturated carbocycles. The second kappa shape index (κ2) is 14.7. The summed E-state index contributed by atoms with van der Waals surface area (Å²) in [4.78, 5) is 29.5. The highest BCUT2D eigenvalue weighted by atomic mass is 35.5. The number of sulfonamides is 1. The van der Waals surface area contributed by atoms with Crippen molar-refractivity contribution in [3.8, 4) is 0 Å². The van der Waals surface area contributed by atoms with E-state index >= 15 is 0 Å². The van der Waals surface area contributed by atoms with Crippen LogP contribution in [0.5, 0.6) is 0 Å². The first-order valence-corrected chi connectivity index (χ1v) is 16.8. The molecular formula is C33H40ClN3O4S. The fraction of sp³-hybridized carbons (Fsp3) is 0.394. The normalized spacial score (nSPS) is 14.4. The maximum Gasteiger partial charge on any atom is 0.243 e. The molecule has 0 aromatic heterocycles. The molecule has 7 nitrogen and oxygen atoms in total. The van der Waals surface area contributed by atoms with Crippen LogP contribution in [0, 0.1) is 6.92 Å². The van der Waals surface area contributed by atoms with Gasteiger partial charge < -0.3 is 10.2 Å². The maximum absolute atomic E-state index is 14.0. The predicted molar refractivity (Wildman–Crippen MR) is 169 cm³/mol. The Hall–Kier alpha value is -3.36. The van der Waals surface area contributed by atoms with Crippen LogP contribution >= 0.6 is 11.6 Å². The average molecular weight is 610 g/mol. The van der Waals surface area contributed by atoms with E-state index in [0.717, 1.165) is 48.6 Å². The van der Waals surface area contributed by atoms with Crippen molar-refractivity contribution in [2.24, 2.45) is 0 Å². The van der Waals surface area contributed by atoms with E-state index in [2.05, 4.69) is 5.32 Å². The van der Waals surface area contributed by atoms with Gasteiger partial charge in [0.25, 0.3) is 0 Å². The molecule has 0 heterocycles. The number of hydrogen-bond acceptors (Lipinski definition) is 4. The van der Waals surface area contributed by atoms with Gasteiger partial charge in [-0.2, -0.15) is 0 Å². The number of carbonyl (C=O) groups excluding carboxylic acids is 2. The number of carbonyl (C=O) groups is 2. The highest BCUT2D eigenvalue weighted by Crippen LogP contribution is 2.23. The van der Waals surface area contributed by atoms with Gasteiger partial charge in [0.1, 0.15) is 6.04 Å². The van der Waals surface area contributed by atoms with Gasteiger partial charge in [-0.25, -0.2) is 8.42 Å². The molecule has 3 aromatic carbocycles. The number of nitrogens with one attached hydrogen (secondary N) is 1. The fourth-order valence-electron chi connectivity index (χ4n) is 5.42. The molecule has 1 aliphatic rings. The topological polar surface area (TPSA) is 86.8 Å². The van der Waals surface area contributed by atoms with Crippen molar-refractivity contribution in [2.45, 2.75) is 70.5 Å². The zero-order chi connectivity index (χ0) is 30.1. The van der Waals surface area contributed by atoms with E-state index in [9.17, 15) is 18.0 Å². The Morgan fingerprint density at radius 3 is 2.19 bits per heavy atom. The van der Waals surface area contributed by atoms with Gasteiger partial charge in [-0.05, 0) is 61.6 Å². The molecule has 0 bridgehead atoms. The van der Waals surface area contributed by atoms with E-state index in [1.807, 2.05) is 61.5 Å². The number of halogens is 1. The Kier molecular flexibility index (Phi) is 11.0. The van der Waals surface area contributed by atoms with Crippen molar-refractivity contribution in [2.75, 3.05) is 17.1 Å². The number of aryl methyl sites for hydroxylation is 1. The molecule has 224 valence electrons. The fourth-order valence-corrected chi connectivity index (χ4v) is 6.51. The summed E-state index contributed by atoms with van der Waals surface area (Å²) in [6.45, 7) is 2.41. The van der Waals surface area contributed by atoms with E-state index in [4.69, 9.17) is 11.6 Å². The van der Waals surface area contributed by atoms with Crippen molar-refractivity contribution in [3.05, 3.63) is 101 Å². The first kappa shape index (κ1) is 31.6. The van der Waals surface area contributed by atoms with Gasteiger partial charge in [-0.15, -0.1) is 0 Å². The second-order valence-electron chi connectivity index (χ2n) is 11.1. The molecule has 1 unspecified atom stereocenters. The molecule has 0 radical (unpaired) electrons. The lowest BCUT2D eigenvalue weighted by molar-refractivity contribution is -0.141. The molecule has 4 rings (SSSR count). The average Bonchev–Trinajstić information content (AvgIpc) is 3.47. The van der Waals surface area contributed by atoms with Crippen molar-refractivity contribution in [1.82, 2.24) is 10.2 Å². The minimum absolute atomic E-state index is 0.0907. The highest BCUT2D eigenvalue weighted by Gasteiger charge is 2.32. The van der Waals surface area contributed by atoms with Crippen LogP contribution in [0.15, 0.2) is 78.9 Å². The molecule has 1 aliphatic carbocycles. The van der Waals surface area contributed by atoms with Crippen LogP contribution in [-0.4, -0.2) is 50.0 Å². The second-order valence-corrected chi connectivity index (χ2v) is 13.5. The molecule has 1 fully saturated rings. The van der Waals surface area contributed by atoms with Crippen LogP contribution in [-0.2, 0) is 32.6 Å². The first-order valence-electron chi connectivity index (χ1n) is 14.5. The van der Waals surface area contributed by atoms with Gasteiger partial charge in [0, 0.05) is 37.0 Å². The van der Waals surface area contributed by atoms with Gasteiger partial charge in [0.15, 0.2) is 0 Å². The van der Waals surface area contributed by atoms with E-state index in [1.165, 1.54) is 4.31 Å². The SMILES string of the molecule is Cc1ccc(CN(C(=O)CCCN(c2ccc(Cl)cc2)S(C)(=O)=O)C(Cc2ccccc2)C(=O)NC2CCCC2)cc1. The molecule has 1 atom stereocenters. The quantitative estimate of drug-likeness (QED) is 0.262. The number of anilines is 1. The molecular weight excluding hydrogens is 570 g/mol. The summed E-state index contributed by atoms with van der Waals surface area (Å²) in [5.41, 5.74) is 3.50. The zero-order valence-electron chi connectivity index (χ0n) is 24.3. The molecule has 42 heavy (non-hydrogen) atoms. The highest BCUT2D eigenvalue weighted by molar-refractivity contribution is 7.92. The summed E-state index contributed by atoms with van der Waals surface area (Å²) in [6, 6.07) is 23.7. The maximum atomic E-state index is 14.0. The molecule has 0 saturated heterocycles. The Bertz CT molecular complexity index is 1420. The predicted octanol–water partition coefficient (Wildman–Crippen LogP) is 5.89. The molecule has 3 aromatic rings. The minimum Gasteiger partial charge on any atom is -0.352 e. The summed E-state index contributed by atoms with van der Waals surface area (Å²) in [5, 5.41) is 3.73. The Morgan fingerprint density at radius 1 is 0.929 bits per heavy atom. The van der Waals surface area contributed by atoms with Crippen molar-refractivity contribution in [1.29, 1.82) is 0 Å². The first-order chi connectivity index (χ1) is 20.1. The van der Waals surface area contributed by atoms with E-state index in [1.54, 1.807) is 29.2 Å². The third kappa shape index (κ3) is 9.07. The summed E-state index contributed by atoms with van der Waals surface area (Å²) < 4.78 is 26.5. The smallest absolute Gasteiger partial charge is 0.243 e. The molecule has 0 aliphatic heterocycles. The third-order valence-electron chi connectivity index (χ3n) is 7.71. The van der Waals surface area contributed by atoms with Gasteiger partial charge in [0.05, 0.1) is 11.9 Å². The summed E-state index contributed by atoms with van der Waals surface area (Å²) in [6.07, 6.45) is 5.99. The van der Waals surface area contributed by atoms with E-state index in [0.29, 0.717) is 23.6 Å². The number of amides is 2. The molecule has 2 amide bonds. The van der Waals surface area contributed by atoms with Crippen molar-refractivity contribution < 1.29 is 18.0 Å². The minimum atomic E-state index is -3.58. The van der Waals surface area contributed by atoms with Gasteiger partial charge in [0.2, 0.25) is 21.8 Å².